The first-order valence-corrected chi connectivity index (χ1v) is 8.78. The maximum Gasteiger partial charge on any atom is 0.325 e. The van der Waals surface area contributed by atoms with Gasteiger partial charge in [0.25, 0.3) is 5.91 Å². The zero-order valence-electron chi connectivity index (χ0n) is 14.9. The van der Waals surface area contributed by atoms with E-state index in [1.165, 1.54) is 25.7 Å². The van der Waals surface area contributed by atoms with Gasteiger partial charge in [-0.05, 0) is 43.4 Å². The van der Waals surface area contributed by atoms with Gasteiger partial charge in [-0.2, -0.15) is 0 Å². The minimum Gasteiger partial charge on any atom is -0.456 e. The van der Waals surface area contributed by atoms with E-state index in [1.54, 1.807) is 6.07 Å². The van der Waals surface area contributed by atoms with Gasteiger partial charge in [-0.25, -0.2) is 4.79 Å². The molecule has 6 heteroatoms. The molecule has 0 saturated heterocycles. The molecule has 0 bridgehead atoms. The molecule has 0 atom stereocenters. The quantitative estimate of drug-likeness (QED) is 0.773. The Morgan fingerprint density at radius 2 is 1.88 bits per heavy atom. The number of benzene rings is 1. The SMILES string of the molecule is Cc1cccc(NC(=O)NC(=O)COC(=O)CCC2CCCC2)c1C. The molecule has 1 saturated carbocycles. The van der Waals surface area contributed by atoms with Gasteiger partial charge in [-0.3, -0.25) is 14.9 Å². The average molecular weight is 346 g/mol. The number of amides is 3. The van der Waals surface area contributed by atoms with Crippen LogP contribution >= 0.6 is 0 Å². The van der Waals surface area contributed by atoms with Gasteiger partial charge in [0.2, 0.25) is 0 Å². The predicted molar refractivity (Wildman–Crippen MR) is 95.2 cm³/mol. The van der Waals surface area contributed by atoms with E-state index in [0.29, 0.717) is 18.0 Å². The van der Waals surface area contributed by atoms with Gasteiger partial charge >= 0.3 is 12.0 Å². The van der Waals surface area contributed by atoms with E-state index in [1.807, 2.05) is 26.0 Å². The van der Waals surface area contributed by atoms with E-state index in [0.717, 1.165) is 17.5 Å². The van der Waals surface area contributed by atoms with Crippen molar-refractivity contribution >= 4 is 23.6 Å². The second-order valence-electron chi connectivity index (χ2n) is 6.60. The Hall–Kier alpha value is -2.37. The summed E-state index contributed by atoms with van der Waals surface area (Å²) in [7, 11) is 0. The van der Waals surface area contributed by atoms with Crippen molar-refractivity contribution in [2.45, 2.75) is 52.4 Å². The van der Waals surface area contributed by atoms with Gasteiger partial charge in [0.05, 0.1) is 0 Å². The van der Waals surface area contributed by atoms with Gasteiger partial charge in [0.15, 0.2) is 6.61 Å². The smallest absolute Gasteiger partial charge is 0.325 e. The molecule has 0 aliphatic heterocycles. The fourth-order valence-corrected chi connectivity index (χ4v) is 3.04. The summed E-state index contributed by atoms with van der Waals surface area (Å²) in [6, 6.07) is 4.89. The van der Waals surface area contributed by atoms with Crippen LogP contribution in [0.15, 0.2) is 18.2 Å². The highest BCUT2D eigenvalue weighted by molar-refractivity contribution is 6.02. The molecule has 1 fully saturated rings. The van der Waals surface area contributed by atoms with Crippen LogP contribution in [0.3, 0.4) is 0 Å². The van der Waals surface area contributed by atoms with Crippen LogP contribution in [-0.2, 0) is 14.3 Å². The van der Waals surface area contributed by atoms with Crippen LogP contribution in [0.25, 0.3) is 0 Å². The minimum absolute atomic E-state index is 0.326. The van der Waals surface area contributed by atoms with Crippen LogP contribution in [0.4, 0.5) is 10.5 Å². The van der Waals surface area contributed by atoms with Gasteiger partial charge in [-0.1, -0.05) is 37.8 Å². The van der Waals surface area contributed by atoms with E-state index in [9.17, 15) is 14.4 Å². The fraction of sp³-hybridized carbons (Fsp3) is 0.526. The van der Waals surface area contributed by atoms with E-state index >= 15 is 0 Å². The average Bonchev–Trinajstić information content (AvgIpc) is 3.08. The molecule has 0 spiro atoms. The Kier molecular flexibility index (Phi) is 6.98. The summed E-state index contributed by atoms with van der Waals surface area (Å²) in [6.45, 7) is 3.39. The summed E-state index contributed by atoms with van der Waals surface area (Å²) in [5, 5.41) is 4.78. The zero-order chi connectivity index (χ0) is 18.2. The summed E-state index contributed by atoms with van der Waals surface area (Å²) >= 11 is 0. The lowest BCUT2D eigenvalue weighted by molar-refractivity contribution is -0.148. The zero-order valence-corrected chi connectivity index (χ0v) is 14.9. The first-order valence-electron chi connectivity index (χ1n) is 8.78. The Morgan fingerprint density at radius 3 is 2.60 bits per heavy atom. The molecule has 1 aromatic carbocycles. The molecule has 1 aromatic rings. The van der Waals surface area contributed by atoms with Crippen molar-refractivity contribution in [2.24, 2.45) is 5.92 Å². The number of urea groups is 1. The van der Waals surface area contributed by atoms with Crippen molar-refractivity contribution in [2.75, 3.05) is 11.9 Å². The number of aryl methyl sites for hydroxylation is 1. The van der Waals surface area contributed by atoms with Crippen LogP contribution < -0.4 is 10.6 Å². The monoisotopic (exact) mass is 346 g/mol. The van der Waals surface area contributed by atoms with Crippen LogP contribution in [0, 0.1) is 19.8 Å². The normalized spacial score (nSPS) is 14.2. The van der Waals surface area contributed by atoms with Gasteiger partial charge in [0, 0.05) is 12.1 Å². The van der Waals surface area contributed by atoms with Crippen LogP contribution in [-0.4, -0.2) is 24.5 Å². The molecule has 6 nitrogen and oxygen atoms in total. The van der Waals surface area contributed by atoms with Gasteiger partial charge in [-0.15, -0.1) is 0 Å². The van der Waals surface area contributed by atoms with Crippen molar-refractivity contribution in [3.05, 3.63) is 29.3 Å². The molecule has 3 amide bonds. The highest BCUT2D eigenvalue weighted by Gasteiger charge is 2.17. The molecule has 0 radical (unpaired) electrons. The highest BCUT2D eigenvalue weighted by atomic mass is 16.5. The minimum atomic E-state index is -0.642. The second-order valence-corrected chi connectivity index (χ2v) is 6.60. The van der Waals surface area contributed by atoms with Crippen molar-refractivity contribution in [1.82, 2.24) is 5.32 Å². The third-order valence-electron chi connectivity index (χ3n) is 4.70. The third kappa shape index (κ3) is 6.21. The van der Waals surface area contributed by atoms with Crippen LogP contribution in [0.1, 0.15) is 49.7 Å². The highest BCUT2D eigenvalue weighted by Crippen LogP contribution is 2.28. The lowest BCUT2D eigenvalue weighted by Gasteiger charge is -2.11. The van der Waals surface area contributed by atoms with E-state index in [-0.39, 0.29) is 0 Å². The number of ether oxygens (including phenoxy) is 1. The molecule has 2 rings (SSSR count). The lowest BCUT2D eigenvalue weighted by Crippen LogP contribution is -2.37. The number of hydrogen-bond donors (Lipinski definition) is 2. The maximum atomic E-state index is 11.8. The second kappa shape index (κ2) is 9.20. The fourth-order valence-electron chi connectivity index (χ4n) is 3.04. The van der Waals surface area contributed by atoms with Crippen molar-refractivity contribution < 1.29 is 19.1 Å². The molecule has 0 unspecified atom stereocenters. The summed E-state index contributed by atoms with van der Waals surface area (Å²) in [5.74, 6) is -0.432. The summed E-state index contributed by atoms with van der Waals surface area (Å²) in [4.78, 5) is 35.2. The number of imide groups is 1. The number of hydrogen-bond acceptors (Lipinski definition) is 4. The molecule has 0 aromatic heterocycles. The molecule has 1 aliphatic rings. The molecule has 1 aliphatic carbocycles. The molecule has 0 heterocycles. The van der Waals surface area contributed by atoms with Crippen molar-refractivity contribution in [1.29, 1.82) is 0 Å². The van der Waals surface area contributed by atoms with Crippen molar-refractivity contribution in [3.8, 4) is 0 Å². The summed E-state index contributed by atoms with van der Waals surface area (Å²) in [6.07, 6.45) is 5.95. The Bertz CT molecular complexity index is 636. The Morgan fingerprint density at radius 1 is 1.16 bits per heavy atom. The molecular formula is C19H26N2O4. The molecule has 25 heavy (non-hydrogen) atoms. The van der Waals surface area contributed by atoms with Crippen LogP contribution in [0.2, 0.25) is 0 Å². The number of nitrogens with one attached hydrogen (secondary N) is 2. The van der Waals surface area contributed by atoms with Gasteiger partial charge < -0.3 is 10.1 Å². The molecule has 136 valence electrons. The summed E-state index contributed by atoms with van der Waals surface area (Å²) in [5.41, 5.74) is 2.61. The van der Waals surface area contributed by atoms with E-state index < -0.39 is 24.5 Å². The first kappa shape index (κ1) is 19.0. The number of esters is 1. The molecular weight excluding hydrogens is 320 g/mol. The Balaban J connectivity index is 1.67. The predicted octanol–water partition coefficient (Wildman–Crippen LogP) is 3.47. The topological polar surface area (TPSA) is 84.5 Å². The van der Waals surface area contributed by atoms with Crippen molar-refractivity contribution in [3.63, 3.8) is 0 Å². The lowest BCUT2D eigenvalue weighted by atomic mass is 10.0. The number of carbonyl (C=O) groups excluding carboxylic acids is 3. The molecule has 2 N–H and O–H groups in total. The van der Waals surface area contributed by atoms with E-state index in [2.05, 4.69) is 10.6 Å². The summed E-state index contributed by atoms with van der Waals surface area (Å²) < 4.78 is 4.93. The first-order chi connectivity index (χ1) is 12.0. The number of carbonyl (C=O) groups is 3. The van der Waals surface area contributed by atoms with Gasteiger partial charge in [0.1, 0.15) is 0 Å². The third-order valence-corrected chi connectivity index (χ3v) is 4.70. The maximum absolute atomic E-state index is 11.8. The Labute approximate surface area is 148 Å². The number of rotatable bonds is 6. The van der Waals surface area contributed by atoms with Crippen LogP contribution in [0.5, 0.6) is 0 Å². The van der Waals surface area contributed by atoms with E-state index in [4.69, 9.17) is 4.74 Å². The standard InChI is InChI=1S/C19H26N2O4/c1-13-6-5-9-16(14(13)2)20-19(24)21-17(22)12-25-18(23)11-10-15-7-3-4-8-15/h5-6,9,15H,3-4,7-8,10-12H2,1-2H3,(H2,20,21,22,24). The number of anilines is 1. The largest absolute Gasteiger partial charge is 0.456 e.